The van der Waals surface area contributed by atoms with E-state index in [-0.39, 0.29) is 25.1 Å². The summed E-state index contributed by atoms with van der Waals surface area (Å²) in [5.74, 6) is -0.444. The number of hydrogen-bond donors (Lipinski definition) is 1. The number of aromatic nitrogens is 1. The fourth-order valence-corrected chi connectivity index (χ4v) is 2.35. The number of alkyl halides is 2. The van der Waals surface area contributed by atoms with Crippen LogP contribution in [0, 0.1) is 3.57 Å². The van der Waals surface area contributed by atoms with Gasteiger partial charge >= 0.3 is 5.97 Å². The maximum Gasteiger partial charge on any atom is 0.311 e. The van der Waals surface area contributed by atoms with Gasteiger partial charge in [-0.3, -0.25) is 9.78 Å². The summed E-state index contributed by atoms with van der Waals surface area (Å²) < 4.78 is 30.5. The quantitative estimate of drug-likeness (QED) is 0.638. The van der Waals surface area contributed by atoms with Crippen molar-refractivity contribution in [3.8, 4) is 0 Å². The minimum Gasteiger partial charge on any atom is -0.466 e. The third kappa shape index (κ3) is 3.58. The highest BCUT2D eigenvalue weighted by atomic mass is 127. The number of halogens is 3. The standard InChI is InChI=1S/C11H13F2IN2O2/c1-2-18-9(17)3-8-6(4-15)10(14)7(5-16-8)11(12)13/h5,11H,2-4,15H2,1H3. The number of nitrogens with two attached hydrogens (primary N) is 1. The Morgan fingerprint density at radius 1 is 1.61 bits per heavy atom. The topological polar surface area (TPSA) is 65.2 Å². The molecule has 0 bridgehead atoms. The highest BCUT2D eigenvalue weighted by Gasteiger charge is 2.19. The molecule has 0 fully saturated rings. The van der Waals surface area contributed by atoms with Crippen LogP contribution in [0.3, 0.4) is 0 Å². The molecular weight excluding hydrogens is 357 g/mol. The van der Waals surface area contributed by atoms with Crippen LogP contribution in [0.1, 0.15) is 30.2 Å². The minimum absolute atomic E-state index is 0.0557. The second-order valence-corrected chi connectivity index (χ2v) is 4.52. The lowest BCUT2D eigenvalue weighted by atomic mass is 10.1. The minimum atomic E-state index is -2.61. The van der Waals surface area contributed by atoms with Gasteiger partial charge in [-0.15, -0.1) is 0 Å². The average molecular weight is 370 g/mol. The van der Waals surface area contributed by atoms with Crippen molar-refractivity contribution >= 4 is 28.6 Å². The van der Waals surface area contributed by atoms with Crippen LogP contribution >= 0.6 is 22.6 Å². The van der Waals surface area contributed by atoms with Gasteiger partial charge in [0, 0.05) is 27.4 Å². The zero-order chi connectivity index (χ0) is 13.7. The van der Waals surface area contributed by atoms with Gasteiger partial charge in [0.25, 0.3) is 6.43 Å². The number of carbonyl (C=O) groups is 1. The van der Waals surface area contributed by atoms with Crippen molar-refractivity contribution < 1.29 is 18.3 Å². The molecule has 1 rings (SSSR count). The van der Waals surface area contributed by atoms with Gasteiger partial charge < -0.3 is 10.5 Å². The van der Waals surface area contributed by atoms with Gasteiger partial charge in [0.05, 0.1) is 18.7 Å². The second-order valence-electron chi connectivity index (χ2n) is 3.44. The number of hydrogen-bond acceptors (Lipinski definition) is 4. The van der Waals surface area contributed by atoms with Gasteiger partial charge in [-0.05, 0) is 29.5 Å². The molecule has 4 nitrogen and oxygen atoms in total. The molecule has 2 N–H and O–H groups in total. The summed E-state index contributed by atoms with van der Waals surface area (Å²) >= 11 is 1.80. The van der Waals surface area contributed by atoms with E-state index in [0.29, 0.717) is 14.8 Å². The normalized spacial score (nSPS) is 10.8. The predicted octanol–water partition coefficient (Wildman–Crippen LogP) is 2.19. The van der Waals surface area contributed by atoms with Crippen molar-refractivity contribution in [3.05, 3.63) is 26.6 Å². The van der Waals surface area contributed by atoms with Crippen LogP contribution in [0.4, 0.5) is 8.78 Å². The van der Waals surface area contributed by atoms with E-state index in [9.17, 15) is 13.6 Å². The summed E-state index contributed by atoms with van der Waals surface area (Å²) in [7, 11) is 0. The Hall–Kier alpha value is -0.830. The van der Waals surface area contributed by atoms with Gasteiger partial charge in [-0.1, -0.05) is 0 Å². The summed E-state index contributed by atoms with van der Waals surface area (Å²) in [6, 6.07) is 0. The van der Waals surface area contributed by atoms with E-state index >= 15 is 0 Å². The fraction of sp³-hybridized carbons (Fsp3) is 0.455. The SMILES string of the molecule is CCOC(=O)Cc1ncc(C(F)F)c(I)c1CN. The molecule has 18 heavy (non-hydrogen) atoms. The summed E-state index contributed by atoms with van der Waals surface area (Å²) in [5.41, 5.74) is 6.23. The first-order chi connectivity index (χ1) is 8.51. The Labute approximate surface area is 117 Å². The number of nitrogens with zero attached hydrogens (tertiary/aromatic N) is 1. The van der Waals surface area contributed by atoms with Gasteiger partial charge in [0.2, 0.25) is 0 Å². The monoisotopic (exact) mass is 370 g/mol. The van der Waals surface area contributed by atoms with E-state index in [1.807, 2.05) is 0 Å². The van der Waals surface area contributed by atoms with Crippen molar-refractivity contribution in [3.63, 3.8) is 0 Å². The maximum absolute atomic E-state index is 12.7. The molecule has 0 unspecified atom stereocenters. The summed E-state index contributed by atoms with van der Waals surface area (Å²) in [5, 5.41) is 0. The zero-order valence-corrected chi connectivity index (χ0v) is 11.9. The van der Waals surface area contributed by atoms with Crippen molar-refractivity contribution in [2.45, 2.75) is 26.3 Å². The van der Waals surface area contributed by atoms with E-state index in [2.05, 4.69) is 4.98 Å². The molecule has 1 aromatic heterocycles. The molecule has 0 radical (unpaired) electrons. The average Bonchev–Trinajstić information content (AvgIpc) is 2.29. The highest BCUT2D eigenvalue weighted by molar-refractivity contribution is 14.1. The van der Waals surface area contributed by atoms with Crippen LogP contribution < -0.4 is 5.73 Å². The Bertz CT molecular complexity index is 441. The third-order valence-electron chi connectivity index (χ3n) is 2.28. The number of ether oxygens (including phenoxy) is 1. The Morgan fingerprint density at radius 2 is 2.28 bits per heavy atom. The zero-order valence-electron chi connectivity index (χ0n) is 9.75. The second kappa shape index (κ2) is 6.93. The Morgan fingerprint density at radius 3 is 2.78 bits per heavy atom. The van der Waals surface area contributed by atoms with Crippen LogP contribution in [0.25, 0.3) is 0 Å². The molecule has 7 heteroatoms. The van der Waals surface area contributed by atoms with E-state index in [1.165, 1.54) is 0 Å². The van der Waals surface area contributed by atoms with Crippen LogP contribution in [0.5, 0.6) is 0 Å². The van der Waals surface area contributed by atoms with Crippen LogP contribution in [0.2, 0.25) is 0 Å². The first kappa shape index (κ1) is 15.2. The van der Waals surface area contributed by atoms with Crippen LogP contribution in [-0.2, 0) is 22.5 Å². The summed E-state index contributed by atoms with van der Waals surface area (Å²) in [4.78, 5) is 15.2. The van der Waals surface area contributed by atoms with Gasteiger partial charge in [0.1, 0.15) is 0 Å². The number of rotatable bonds is 5. The fourth-order valence-electron chi connectivity index (χ4n) is 1.44. The first-order valence-electron chi connectivity index (χ1n) is 5.31. The molecule has 0 atom stereocenters. The largest absolute Gasteiger partial charge is 0.466 e. The summed E-state index contributed by atoms with van der Waals surface area (Å²) in [6.45, 7) is 2.02. The molecule has 0 aliphatic heterocycles. The number of esters is 1. The van der Waals surface area contributed by atoms with Gasteiger partial charge in [-0.25, -0.2) is 8.78 Å². The maximum atomic E-state index is 12.7. The van der Waals surface area contributed by atoms with Crippen molar-refractivity contribution in [1.29, 1.82) is 0 Å². The molecule has 0 aliphatic carbocycles. The molecule has 1 heterocycles. The highest BCUT2D eigenvalue weighted by Crippen LogP contribution is 2.27. The van der Waals surface area contributed by atoms with Crippen molar-refractivity contribution in [1.82, 2.24) is 4.98 Å². The molecular formula is C11H13F2IN2O2. The van der Waals surface area contributed by atoms with Gasteiger partial charge in [0.15, 0.2) is 0 Å². The Kier molecular flexibility index (Phi) is 5.86. The summed E-state index contributed by atoms with van der Waals surface area (Å²) in [6.07, 6.45) is -1.58. The Balaban J connectivity index is 3.07. The molecule has 100 valence electrons. The van der Waals surface area contributed by atoms with E-state index in [0.717, 1.165) is 6.20 Å². The van der Waals surface area contributed by atoms with Crippen LogP contribution in [-0.4, -0.2) is 17.6 Å². The van der Waals surface area contributed by atoms with Gasteiger partial charge in [-0.2, -0.15) is 0 Å². The lowest BCUT2D eigenvalue weighted by Gasteiger charge is -2.12. The number of pyridine rings is 1. The molecule has 0 amide bonds. The molecule has 1 aromatic rings. The number of carbonyl (C=O) groups excluding carboxylic acids is 1. The third-order valence-corrected chi connectivity index (χ3v) is 3.56. The van der Waals surface area contributed by atoms with Crippen molar-refractivity contribution in [2.24, 2.45) is 5.73 Å². The lowest BCUT2D eigenvalue weighted by molar-refractivity contribution is -0.142. The van der Waals surface area contributed by atoms with Crippen molar-refractivity contribution in [2.75, 3.05) is 6.61 Å². The first-order valence-corrected chi connectivity index (χ1v) is 6.39. The molecule has 0 aliphatic rings. The molecule has 0 saturated heterocycles. The molecule has 0 aromatic carbocycles. The predicted molar refractivity (Wildman–Crippen MR) is 70.1 cm³/mol. The van der Waals surface area contributed by atoms with Crippen LogP contribution in [0.15, 0.2) is 6.20 Å². The van der Waals surface area contributed by atoms with E-state index in [1.54, 1.807) is 29.5 Å². The molecule has 0 saturated carbocycles. The van der Waals surface area contributed by atoms with E-state index in [4.69, 9.17) is 10.5 Å². The molecule has 0 spiro atoms. The van der Waals surface area contributed by atoms with E-state index < -0.39 is 12.4 Å². The smallest absolute Gasteiger partial charge is 0.311 e. The lowest BCUT2D eigenvalue weighted by Crippen LogP contribution is -2.15.